The molecule has 0 saturated heterocycles. The molecule has 0 saturated carbocycles. The van der Waals surface area contributed by atoms with Crippen LogP contribution < -0.4 is 0 Å². The number of alkyl halides is 3. The Kier molecular flexibility index (Phi) is 4.51. The topological polar surface area (TPSA) is 40.5 Å². The highest BCUT2D eigenvalue weighted by Gasteiger charge is 2.35. The van der Waals surface area contributed by atoms with Crippen LogP contribution in [0.5, 0.6) is 0 Å². The summed E-state index contributed by atoms with van der Waals surface area (Å²) in [6.45, 7) is 0.306. The third-order valence-corrected chi connectivity index (χ3v) is 4.35. The van der Waals surface area contributed by atoms with Crippen molar-refractivity contribution >= 4 is 5.97 Å². The van der Waals surface area contributed by atoms with Crippen LogP contribution in [0, 0.1) is 5.82 Å². The van der Waals surface area contributed by atoms with E-state index in [1.54, 1.807) is 4.90 Å². The average Bonchev–Trinajstić information content (AvgIpc) is 2.54. The Bertz CT molecular complexity index is 787. The molecule has 3 nitrogen and oxygen atoms in total. The molecule has 0 aliphatic carbocycles. The molecule has 3 rings (SSSR count). The van der Waals surface area contributed by atoms with Crippen LogP contribution >= 0.6 is 0 Å². The van der Waals surface area contributed by atoms with Gasteiger partial charge in [-0.1, -0.05) is 18.2 Å². The zero-order chi connectivity index (χ0) is 18.2. The number of hydrogen-bond acceptors (Lipinski definition) is 2. The Morgan fingerprint density at radius 3 is 2.40 bits per heavy atom. The molecule has 2 aromatic carbocycles. The van der Waals surface area contributed by atoms with E-state index >= 15 is 0 Å². The van der Waals surface area contributed by atoms with Gasteiger partial charge < -0.3 is 5.11 Å². The van der Waals surface area contributed by atoms with Gasteiger partial charge in [-0.05, 0) is 47.4 Å². The standard InChI is InChI=1S/C18H15F4NO2/c19-15-5-1-11(2-6-15)9-23-10-13-7-14(18(20,21)22)4-3-12(13)8-16(23)17(24)25/h1-7,16H,8-10H2,(H,24,25)/t16-/m0/s1. The number of fused-ring (bicyclic) bond motifs is 1. The smallest absolute Gasteiger partial charge is 0.416 e. The van der Waals surface area contributed by atoms with Gasteiger partial charge in [0.1, 0.15) is 11.9 Å². The van der Waals surface area contributed by atoms with Gasteiger partial charge in [0.2, 0.25) is 0 Å². The highest BCUT2D eigenvalue weighted by molar-refractivity contribution is 5.74. The average molecular weight is 353 g/mol. The van der Waals surface area contributed by atoms with Crippen LogP contribution in [-0.4, -0.2) is 22.0 Å². The lowest BCUT2D eigenvalue weighted by molar-refractivity contribution is -0.144. The molecule has 0 unspecified atom stereocenters. The first-order valence-electron chi connectivity index (χ1n) is 7.64. The van der Waals surface area contributed by atoms with Crippen LogP contribution in [0.3, 0.4) is 0 Å². The lowest BCUT2D eigenvalue weighted by atomic mass is 9.92. The number of hydrogen-bond donors (Lipinski definition) is 1. The third kappa shape index (κ3) is 3.82. The molecule has 1 N–H and O–H groups in total. The van der Waals surface area contributed by atoms with E-state index in [0.29, 0.717) is 16.7 Å². The molecular formula is C18H15F4NO2. The Morgan fingerprint density at radius 2 is 1.80 bits per heavy atom. The number of halogens is 4. The monoisotopic (exact) mass is 353 g/mol. The van der Waals surface area contributed by atoms with Crippen molar-refractivity contribution in [2.75, 3.05) is 0 Å². The van der Waals surface area contributed by atoms with E-state index in [1.807, 2.05) is 0 Å². The van der Waals surface area contributed by atoms with Gasteiger partial charge in [0.15, 0.2) is 0 Å². The molecule has 1 atom stereocenters. The molecule has 1 aliphatic heterocycles. The molecular weight excluding hydrogens is 338 g/mol. The quantitative estimate of drug-likeness (QED) is 0.852. The zero-order valence-corrected chi connectivity index (χ0v) is 13.1. The van der Waals surface area contributed by atoms with Crippen molar-refractivity contribution < 1.29 is 27.5 Å². The zero-order valence-electron chi connectivity index (χ0n) is 13.1. The number of carboxylic acids is 1. The van der Waals surface area contributed by atoms with Crippen molar-refractivity contribution in [3.8, 4) is 0 Å². The fraction of sp³-hybridized carbons (Fsp3) is 0.278. The summed E-state index contributed by atoms with van der Waals surface area (Å²) in [5, 5.41) is 9.46. The van der Waals surface area contributed by atoms with Gasteiger partial charge in [0.05, 0.1) is 5.56 Å². The van der Waals surface area contributed by atoms with Crippen molar-refractivity contribution in [2.24, 2.45) is 0 Å². The molecule has 25 heavy (non-hydrogen) atoms. The minimum Gasteiger partial charge on any atom is -0.480 e. The molecule has 1 heterocycles. The van der Waals surface area contributed by atoms with Crippen molar-refractivity contribution in [1.82, 2.24) is 4.90 Å². The molecule has 0 fully saturated rings. The first kappa shape index (κ1) is 17.4. The minimum atomic E-state index is -4.44. The fourth-order valence-electron chi connectivity index (χ4n) is 3.05. The second-order valence-electron chi connectivity index (χ2n) is 6.07. The van der Waals surface area contributed by atoms with Crippen LogP contribution in [0.4, 0.5) is 17.6 Å². The summed E-state index contributed by atoms with van der Waals surface area (Å²) in [7, 11) is 0. The molecule has 0 radical (unpaired) electrons. The summed E-state index contributed by atoms with van der Waals surface area (Å²) < 4.78 is 51.7. The maximum atomic E-state index is 13.0. The summed E-state index contributed by atoms with van der Waals surface area (Å²) in [5.41, 5.74) is 1.02. The Morgan fingerprint density at radius 1 is 1.12 bits per heavy atom. The van der Waals surface area contributed by atoms with Gasteiger partial charge in [0, 0.05) is 13.1 Å². The summed E-state index contributed by atoms with van der Waals surface area (Å²) in [4.78, 5) is 13.2. The van der Waals surface area contributed by atoms with Crippen molar-refractivity contribution in [3.05, 3.63) is 70.5 Å². The van der Waals surface area contributed by atoms with Crippen LogP contribution in [0.25, 0.3) is 0 Å². The highest BCUT2D eigenvalue weighted by atomic mass is 19.4. The molecule has 1 aliphatic rings. The molecule has 7 heteroatoms. The number of rotatable bonds is 3. The lowest BCUT2D eigenvalue weighted by Gasteiger charge is -2.34. The van der Waals surface area contributed by atoms with Gasteiger partial charge in [-0.15, -0.1) is 0 Å². The maximum absolute atomic E-state index is 13.0. The minimum absolute atomic E-state index is 0.0909. The molecule has 0 spiro atoms. The van der Waals surface area contributed by atoms with Gasteiger partial charge in [-0.2, -0.15) is 13.2 Å². The van der Waals surface area contributed by atoms with E-state index in [9.17, 15) is 27.5 Å². The van der Waals surface area contributed by atoms with Crippen molar-refractivity contribution in [1.29, 1.82) is 0 Å². The summed E-state index contributed by atoms with van der Waals surface area (Å²) in [5.74, 6) is -1.44. The molecule has 2 aromatic rings. The highest BCUT2D eigenvalue weighted by Crippen LogP contribution is 2.33. The van der Waals surface area contributed by atoms with Gasteiger partial charge >= 0.3 is 12.1 Å². The van der Waals surface area contributed by atoms with E-state index in [2.05, 4.69) is 0 Å². The maximum Gasteiger partial charge on any atom is 0.416 e. The number of aliphatic carboxylic acids is 1. The number of carbonyl (C=O) groups is 1. The molecule has 0 bridgehead atoms. The molecule has 0 aromatic heterocycles. The van der Waals surface area contributed by atoms with Crippen LogP contribution in [-0.2, 0) is 30.5 Å². The van der Waals surface area contributed by atoms with Crippen molar-refractivity contribution in [3.63, 3.8) is 0 Å². The van der Waals surface area contributed by atoms with Gasteiger partial charge in [0.25, 0.3) is 0 Å². The van der Waals surface area contributed by atoms with E-state index in [4.69, 9.17) is 0 Å². The fourth-order valence-corrected chi connectivity index (χ4v) is 3.05. The lowest BCUT2D eigenvalue weighted by Crippen LogP contribution is -2.45. The van der Waals surface area contributed by atoms with Crippen LogP contribution in [0.2, 0.25) is 0 Å². The molecule has 0 amide bonds. The van der Waals surface area contributed by atoms with E-state index < -0.39 is 29.6 Å². The Hall–Kier alpha value is -2.41. The third-order valence-electron chi connectivity index (χ3n) is 4.35. The summed E-state index contributed by atoms with van der Waals surface area (Å²) in [6, 6.07) is 8.18. The van der Waals surface area contributed by atoms with E-state index in [0.717, 1.165) is 12.1 Å². The first-order valence-corrected chi connectivity index (χ1v) is 7.64. The second-order valence-corrected chi connectivity index (χ2v) is 6.07. The molecule has 132 valence electrons. The Labute approximate surface area is 141 Å². The number of nitrogens with zero attached hydrogens (tertiary/aromatic N) is 1. The number of benzene rings is 2. The Balaban J connectivity index is 1.90. The van der Waals surface area contributed by atoms with Crippen molar-refractivity contribution in [2.45, 2.75) is 31.7 Å². The largest absolute Gasteiger partial charge is 0.480 e. The summed E-state index contributed by atoms with van der Waals surface area (Å²) >= 11 is 0. The normalized spacial score (nSPS) is 18.0. The first-order chi connectivity index (χ1) is 11.7. The number of carboxylic acid groups (broad SMARTS) is 1. The van der Waals surface area contributed by atoms with E-state index in [1.165, 1.54) is 30.3 Å². The predicted molar refractivity (Wildman–Crippen MR) is 82.2 cm³/mol. The van der Waals surface area contributed by atoms with Gasteiger partial charge in [-0.3, -0.25) is 9.69 Å². The predicted octanol–water partition coefficient (Wildman–Crippen LogP) is 3.86. The van der Waals surface area contributed by atoms with Crippen LogP contribution in [0.15, 0.2) is 42.5 Å². The van der Waals surface area contributed by atoms with Crippen LogP contribution in [0.1, 0.15) is 22.3 Å². The van der Waals surface area contributed by atoms with Gasteiger partial charge in [-0.25, -0.2) is 4.39 Å². The van der Waals surface area contributed by atoms with E-state index in [-0.39, 0.29) is 19.5 Å². The SMILES string of the molecule is O=C(O)[C@@H]1Cc2ccc(C(F)(F)F)cc2CN1Cc1ccc(F)cc1. The second kappa shape index (κ2) is 6.48. The summed E-state index contributed by atoms with van der Waals surface area (Å²) in [6.07, 6.45) is -4.32.